The lowest BCUT2D eigenvalue weighted by molar-refractivity contribution is 1.00. The molecule has 2 aromatic carbocycles. The van der Waals surface area contributed by atoms with Gasteiger partial charge in [-0.05, 0) is 36.6 Å². The van der Waals surface area contributed by atoms with Crippen molar-refractivity contribution in [2.24, 2.45) is 0 Å². The van der Waals surface area contributed by atoms with Gasteiger partial charge >= 0.3 is 0 Å². The van der Waals surface area contributed by atoms with Gasteiger partial charge in [0.25, 0.3) is 0 Å². The molecular weight excluding hydrogens is 364 g/mol. The third-order valence-electron chi connectivity index (χ3n) is 4.92. The van der Waals surface area contributed by atoms with Gasteiger partial charge in [0.2, 0.25) is 0 Å². The lowest BCUT2D eigenvalue weighted by atomic mass is 10.1. The van der Waals surface area contributed by atoms with Crippen LogP contribution in [0.2, 0.25) is 0 Å². The van der Waals surface area contributed by atoms with Gasteiger partial charge in [0, 0.05) is 28.5 Å². The number of fused-ring (bicyclic) bond motifs is 2. The predicted molar refractivity (Wildman–Crippen MR) is 118 cm³/mol. The molecule has 3 heterocycles. The Kier molecular flexibility index (Phi) is 4.29. The normalized spacial score (nSPS) is 11.3. The van der Waals surface area contributed by atoms with Crippen molar-refractivity contribution < 1.29 is 0 Å². The number of aryl methyl sites for hydroxylation is 1. The van der Waals surface area contributed by atoms with E-state index in [1.54, 1.807) is 11.3 Å². The Hall–Kier alpha value is -3.18. The summed E-state index contributed by atoms with van der Waals surface area (Å²) in [5.41, 5.74) is 3.72. The molecule has 0 saturated carbocycles. The Morgan fingerprint density at radius 1 is 0.964 bits per heavy atom. The Labute approximate surface area is 167 Å². The summed E-state index contributed by atoms with van der Waals surface area (Å²) in [6.07, 6.45) is 3.04. The van der Waals surface area contributed by atoms with Gasteiger partial charge in [0.15, 0.2) is 0 Å². The van der Waals surface area contributed by atoms with Gasteiger partial charge in [-0.25, -0.2) is 9.97 Å². The Morgan fingerprint density at radius 3 is 2.68 bits per heavy atom. The topological polar surface area (TPSA) is 53.6 Å². The molecule has 5 heteroatoms. The Bertz CT molecular complexity index is 1250. The molecule has 5 rings (SSSR count). The molecule has 2 N–H and O–H groups in total. The van der Waals surface area contributed by atoms with Crippen LogP contribution in [0, 0.1) is 6.92 Å². The minimum absolute atomic E-state index is 0.795. The Balaban J connectivity index is 1.41. The highest BCUT2D eigenvalue weighted by Crippen LogP contribution is 2.35. The van der Waals surface area contributed by atoms with Crippen LogP contribution in [-0.2, 0) is 6.42 Å². The van der Waals surface area contributed by atoms with Crippen LogP contribution in [0.1, 0.15) is 11.4 Å². The average molecular weight is 385 g/mol. The number of para-hydroxylation sites is 1. The smallest absolute Gasteiger partial charge is 0.138 e. The molecule has 4 nitrogen and oxygen atoms in total. The maximum atomic E-state index is 4.67. The van der Waals surface area contributed by atoms with Crippen LogP contribution >= 0.6 is 11.3 Å². The number of rotatable bonds is 5. The van der Waals surface area contributed by atoms with Crippen LogP contribution in [0.15, 0.2) is 66.9 Å². The first-order chi connectivity index (χ1) is 13.8. The van der Waals surface area contributed by atoms with Gasteiger partial charge < -0.3 is 10.3 Å². The lowest BCUT2D eigenvalue weighted by Crippen LogP contribution is -2.07. The fourth-order valence-corrected chi connectivity index (χ4v) is 4.64. The summed E-state index contributed by atoms with van der Waals surface area (Å²) >= 11 is 1.72. The summed E-state index contributed by atoms with van der Waals surface area (Å²) in [4.78, 5) is 14.9. The van der Waals surface area contributed by atoms with Crippen LogP contribution in [0.3, 0.4) is 0 Å². The largest absolute Gasteiger partial charge is 0.369 e. The van der Waals surface area contributed by atoms with E-state index in [4.69, 9.17) is 0 Å². The van der Waals surface area contributed by atoms with Gasteiger partial charge in [-0.2, -0.15) is 0 Å². The summed E-state index contributed by atoms with van der Waals surface area (Å²) in [7, 11) is 0. The van der Waals surface area contributed by atoms with E-state index in [-0.39, 0.29) is 0 Å². The van der Waals surface area contributed by atoms with Crippen molar-refractivity contribution in [1.82, 2.24) is 15.0 Å². The average Bonchev–Trinajstić information content (AvgIpc) is 3.33. The number of hydrogen-bond acceptors (Lipinski definition) is 4. The molecule has 138 valence electrons. The number of nitrogens with zero attached hydrogens (tertiary/aromatic N) is 2. The van der Waals surface area contributed by atoms with Gasteiger partial charge in [-0.1, -0.05) is 48.5 Å². The molecular formula is C23H20N4S. The molecule has 0 unspecified atom stereocenters. The summed E-state index contributed by atoms with van der Waals surface area (Å²) in [6, 6.07) is 21.1. The molecule has 0 atom stereocenters. The van der Waals surface area contributed by atoms with Crippen molar-refractivity contribution in [2.45, 2.75) is 13.3 Å². The van der Waals surface area contributed by atoms with Crippen molar-refractivity contribution in [3.05, 3.63) is 78.2 Å². The first-order valence-electron chi connectivity index (χ1n) is 9.40. The van der Waals surface area contributed by atoms with E-state index in [1.165, 1.54) is 26.9 Å². The lowest BCUT2D eigenvalue weighted by Gasteiger charge is -2.07. The molecule has 0 bridgehead atoms. The first-order valence-corrected chi connectivity index (χ1v) is 10.2. The van der Waals surface area contributed by atoms with E-state index in [0.29, 0.717) is 0 Å². The standard InChI is InChI=1S/C23H20N4S/c1-15-26-22(24-12-11-17-14-25-20-10-6-5-9-18(17)20)19-13-21(28-23(19)27-15)16-7-3-2-4-8-16/h2-10,13-14,25H,11-12H2,1H3,(H,24,26,27). The predicted octanol–water partition coefficient (Wildman–Crippen LogP) is 5.80. The number of H-pyrrole nitrogens is 1. The third kappa shape index (κ3) is 3.14. The second-order valence-electron chi connectivity index (χ2n) is 6.85. The highest BCUT2D eigenvalue weighted by atomic mass is 32.1. The van der Waals surface area contributed by atoms with Gasteiger partial charge in [-0.3, -0.25) is 0 Å². The van der Waals surface area contributed by atoms with Crippen molar-refractivity contribution in [2.75, 3.05) is 11.9 Å². The zero-order valence-electron chi connectivity index (χ0n) is 15.6. The molecule has 0 saturated heterocycles. The van der Waals surface area contributed by atoms with Crippen LogP contribution < -0.4 is 5.32 Å². The number of hydrogen-bond donors (Lipinski definition) is 2. The monoisotopic (exact) mass is 384 g/mol. The van der Waals surface area contributed by atoms with Crippen LogP contribution in [0.4, 0.5) is 5.82 Å². The van der Waals surface area contributed by atoms with E-state index in [2.05, 4.69) is 81.1 Å². The zero-order chi connectivity index (χ0) is 18.9. The SMILES string of the molecule is Cc1nc(NCCc2c[nH]c3ccccc23)c2cc(-c3ccccc3)sc2n1. The summed E-state index contributed by atoms with van der Waals surface area (Å²) in [5, 5.41) is 5.92. The van der Waals surface area contributed by atoms with E-state index in [9.17, 15) is 0 Å². The molecule has 0 spiro atoms. The molecule has 0 fully saturated rings. The van der Waals surface area contributed by atoms with Gasteiger partial charge in [-0.15, -0.1) is 11.3 Å². The van der Waals surface area contributed by atoms with Crippen LogP contribution in [-0.4, -0.2) is 21.5 Å². The van der Waals surface area contributed by atoms with Gasteiger partial charge in [0.05, 0.1) is 5.39 Å². The molecule has 28 heavy (non-hydrogen) atoms. The highest BCUT2D eigenvalue weighted by Gasteiger charge is 2.12. The van der Waals surface area contributed by atoms with Crippen molar-refractivity contribution in [3.8, 4) is 10.4 Å². The van der Waals surface area contributed by atoms with Gasteiger partial charge in [0.1, 0.15) is 16.5 Å². The molecule has 0 amide bonds. The van der Waals surface area contributed by atoms with Crippen molar-refractivity contribution in [3.63, 3.8) is 0 Å². The summed E-state index contributed by atoms with van der Waals surface area (Å²) < 4.78 is 0. The molecule has 5 aromatic rings. The Morgan fingerprint density at radius 2 is 1.79 bits per heavy atom. The van der Waals surface area contributed by atoms with Crippen molar-refractivity contribution in [1.29, 1.82) is 0 Å². The van der Waals surface area contributed by atoms with E-state index < -0.39 is 0 Å². The molecule has 0 radical (unpaired) electrons. The number of aromatic amines is 1. The van der Waals surface area contributed by atoms with E-state index in [1.807, 2.05) is 13.0 Å². The maximum Gasteiger partial charge on any atom is 0.138 e. The first kappa shape index (κ1) is 17.0. The second kappa shape index (κ2) is 7.09. The third-order valence-corrected chi connectivity index (χ3v) is 6.00. The fourth-order valence-electron chi connectivity index (χ4n) is 3.56. The molecule has 0 aliphatic heterocycles. The van der Waals surface area contributed by atoms with Crippen LogP contribution in [0.25, 0.3) is 31.6 Å². The summed E-state index contributed by atoms with van der Waals surface area (Å²) in [5.74, 6) is 1.71. The fraction of sp³-hybridized carbons (Fsp3) is 0.130. The van der Waals surface area contributed by atoms with E-state index in [0.717, 1.165) is 34.8 Å². The summed E-state index contributed by atoms with van der Waals surface area (Å²) in [6.45, 7) is 2.77. The number of aromatic nitrogens is 3. The van der Waals surface area contributed by atoms with E-state index >= 15 is 0 Å². The second-order valence-corrected chi connectivity index (χ2v) is 7.88. The number of benzene rings is 2. The molecule has 0 aliphatic carbocycles. The minimum Gasteiger partial charge on any atom is -0.369 e. The maximum absolute atomic E-state index is 4.67. The number of thiophene rings is 1. The minimum atomic E-state index is 0.795. The number of nitrogens with one attached hydrogen (secondary N) is 2. The zero-order valence-corrected chi connectivity index (χ0v) is 16.4. The van der Waals surface area contributed by atoms with Crippen LogP contribution in [0.5, 0.6) is 0 Å². The van der Waals surface area contributed by atoms with Crippen molar-refractivity contribution >= 4 is 38.3 Å². The highest BCUT2D eigenvalue weighted by molar-refractivity contribution is 7.21. The molecule has 0 aliphatic rings. The molecule has 3 aromatic heterocycles. The number of anilines is 1. The quantitative estimate of drug-likeness (QED) is 0.402.